The molecule has 8 nitrogen and oxygen atoms in total. The van der Waals surface area contributed by atoms with Crippen LogP contribution in [0.25, 0.3) is 0 Å². The van der Waals surface area contributed by atoms with E-state index in [1.54, 1.807) is 20.9 Å². The van der Waals surface area contributed by atoms with Crippen LogP contribution in [0.4, 0.5) is 0 Å². The normalized spacial score (nSPS) is 11.9. The molecule has 1 amide bonds. The number of carboxylic acids is 2. The average Bonchev–Trinajstić information content (AvgIpc) is 2.51. The molecule has 0 saturated heterocycles. The highest BCUT2D eigenvalue weighted by molar-refractivity contribution is 5.99. The molecule has 0 bridgehead atoms. The van der Waals surface area contributed by atoms with E-state index in [1.807, 2.05) is 0 Å². The summed E-state index contributed by atoms with van der Waals surface area (Å²) in [5.41, 5.74) is 1.30. The van der Waals surface area contributed by atoms with Gasteiger partial charge in [0.1, 0.15) is 6.04 Å². The number of carbonyl (C=O) groups is 3. The van der Waals surface area contributed by atoms with E-state index in [0.717, 1.165) is 0 Å². The third-order valence-corrected chi connectivity index (χ3v) is 2.72. The molecule has 19 heavy (non-hydrogen) atoms. The van der Waals surface area contributed by atoms with Crippen LogP contribution in [0.15, 0.2) is 0 Å². The lowest BCUT2D eigenvalue weighted by Crippen LogP contribution is -2.42. The minimum atomic E-state index is -1.47. The van der Waals surface area contributed by atoms with Crippen molar-refractivity contribution in [3.63, 3.8) is 0 Å². The van der Waals surface area contributed by atoms with Crippen molar-refractivity contribution in [2.45, 2.75) is 26.3 Å². The van der Waals surface area contributed by atoms with Gasteiger partial charge in [-0.25, -0.2) is 4.79 Å². The Hall–Kier alpha value is -2.38. The predicted octanol–water partition coefficient (Wildman–Crippen LogP) is -0.305. The molecule has 0 fully saturated rings. The number of carboxylic acid groups (broad SMARTS) is 2. The van der Waals surface area contributed by atoms with Crippen LogP contribution < -0.4 is 5.32 Å². The highest BCUT2D eigenvalue weighted by atomic mass is 16.4. The maximum absolute atomic E-state index is 12.0. The number of hydrogen-bond acceptors (Lipinski definition) is 4. The van der Waals surface area contributed by atoms with E-state index in [1.165, 1.54) is 4.68 Å². The van der Waals surface area contributed by atoms with Gasteiger partial charge in [-0.3, -0.25) is 14.3 Å². The lowest BCUT2D eigenvalue weighted by Gasteiger charge is -2.12. The SMILES string of the molecule is Cc1nn(C)c(C)c1C(=O)N[C@H](CC(=O)O)C(=O)O. The Bertz CT molecular complexity index is 535. The molecule has 0 aromatic carbocycles. The predicted molar refractivity (Wildman–Crippen MR) is 63.8 cm³/mol. The van der Waals surface area contributed by atoms with Crippen LogP contribution in [0.1, 0.15) is 28.2 Å². The minimum Gasteiger partial charge on any atom is -0.481 e. The maximum atomic E-state index is 12.0. The quantitative estimate of drug-likeness (QED) is 0.674. The van der Waals surface area contributed by atoms with Crippen LogP contribution in [0.5, 0.6) is 0 Å². The van der Waals surface area contributed by atoms with E-state index in [4.69, 9.17) is 10.2 Å². The number of nitrogens with one attached hydrogen (secondary N) is 1. The molecule has 0 aliphatic heterocycles. The molecule has 8 heteroatoms. The summed E-state index contributed by atoms with van der Waals surface area (Å²) in [6, 6.07) is -1.47. The molecule has 1 rings (SSSR count). The number of aryl methyl sites for hydroxylation is 2. The topological polar surface area (TPSA) is 122 Å². The monoisotopic (exact) mass is 269 g/mol. The molecule has 1 atom stereocenters. The second-order valence-corrected chi connectivity index (χ2v) is 4.13. The lowest BCUT2D eigenvalue weighted by atomic mass is 10.1. The zero-order chi connectivity index (χ0) is 14.7. The van der Waals surface area contributed by atoms with Crippen molar-refractivity contribution in [3.8, 4) is 0 Å². The van der Waals surface area contributed by atoms with Gasteiger partial charge in [0.15, 0.2) is 0 Å². The van der Waals surface area contributed by atoms with E-state index in [-0.39, 0.29) is 5.56 Å². The number of hydrogen-bond donors (Lipinski definition) is 3. The molecular weight excluding hydrogens is 254 g/mol. The van der Waals surface area contributed by atoms with Crippen molar-refractivity contribution >= 4 is 17.8 Å². The van der Waals surface area contributed by atoms with Gasteiger partial charge in [-0.05, 0) is 13.8 Å². The largest absolute Gasteiger partial charge is 0.481 e. The number of amides is 1. The second-order valence-electron chi connectivity index (χ2n) is 4.13. The van der Waals surface area contributed by atoms with Crippen molar-refractivity contribution in [2.24, 2.45) is 7.05 Å². The smallest absolute Gasteiger partial charge is 0.326 e. The molecule has 3 N–H and O–H groups in total. The first-order chi connectivity index (χ1) is 8.73. The molecule has 1 aromatic heterocycles. The van der Waals surface area contributed by atoms with Gasteiger partial charge in [-0.2, -0.15) is 5.10 Å². The van der Waals surface area contributed by atoms with Crippen LogP contribution in [0.2, 0.25) is 0 Å². The van der Waals surface area contributed by atoms with Crippen molar-refractivity contribution in [3.05, 3.63) is 17.0 Å². The van der Waals surface area contributed by atoms with Gasteiger partial charge in [-0.15, -0.1) is 0 Å². The number of rotatable bonds is 5. The summed E-state index contributed by atoms with van der Waals surface area (Å²) in [5, 5.41) is 23.7. The van der Waals surface area contributed by atoms with Gasteiger partial charge in [0.05, 0.1) is 17.7 Å². The summed E-state index contributed by atoms with van der Waals surface area (Å²) < 4.78 is 1.50. The lowest BCUT2D eigenvalue weighted by molar-refractivity contribution is -0.145. The van der Waals surface area contributed by atoms with Gasteiger partial charge < -0.3 is 15.5 Å². The summed E-state index contributed by atoms with van der Waals surface area (Å²) in [5.74, 6) is -3.33. The van der Waals surface area contributed by atoms with Gasteiger partial charge in [0, 0.05) is 12.7 Å². The van der Waals surface area contributed by atoms with Gasteiger partial charge in [0.25, 0.3) is 5.91 Å². The van der Waals surface area contributed by atoms with Crippen LogP contribution in [0, 0.1) is 13.8 Å². The van der Waals surface area contributed by atoms with E-state index in [9.17, 15) is 14.4 Å². The van der Waals surface area contributed by atoms with Gasteiger partial charge in [0.2, 0.25) is 0 Å². The molecule has 0 radical (unpaired) electrons. The van der Waals surface area contributed by atoms with Gasteiger partial charge >= 0.3 is 11.9 Å². The Morgan fingerprint density at radius 2 is 1.89 bits per heavy atom. The Labute approximate surface area is 109 Å². The zero-order valence-electron chi connectivity index (χ0n) is 10.8. The summed E-state index contributed by atoms with van der Waals surface area (Å²) >= 11 is 0. The van der Waals surface area contributed by atoms with Crippen LogP contribution >= 0.6 is 0 Å². The highest BCUT2D eigenvalue weighted by Gasteiger charge is 2.26. The Kier molecular flexibility index (Phi) is 4.26. The van der Waals surface area contributed by atoms with Crippen molar-refractivity contribution in [2.75, 3.05) is 0 Å². The highest BCUT2D eigenvalue weighted by Crippen LogP contribution is 2.12. The molecule has 0 spiro atoms. The van der Waals surface area contributed by atoms with E-state index in [0.29, 0.717) is 11.4 Å². The molecule has 0 aliphatic rings. The Morgan fingerprint density at radius 1 is 1.32 bits per heavy atom. The summed E-state index contributed by atoms with van der Waals surface area (Å²) in [6.45, 7) is 3.29. The third-order valence-electron chi connectivity index (χ3n) is 2.72. The van der Waals surface area contributed by atoms with Crippen LogP contribution in [-0.2, 0) is 16.6 Å². The first-order valence-corrected chi connectivity index (χ1v) is 5.49. The maximum Gasteiger partial charge on any atom is 0.326 e. The average molecular weight is 269 g/mol. The minimum absolute atomic E-state index is 0.263. The second kappa shape index (κ2) is 5.51. The summed E-state index contributed by atoms with van der Waals surface area (Å²) in [7, 11) is 1.66. The number of aromatic nitrogens is 2. The van der Waals surface area contributed by atoms with Crippen molar-refractivity contribution < 1.29 is 24.6 Å². The number of aliphatic carboxylic acids is 2. The molecule has 1 aromatic rings. The fourth-order valence-corrected chi connectivity index (χ4v) is 1.71. The Balaban J connectivity index is 2.94. The molecule has 1 heterocycles. The summed E-state index contributed by atoms with van der Waals surface area (Å²) in [6.07, 6.45) is -0.681. The van der Waals surface area contributed by atoms with Crippen LogP contribution in [0.3, 0.4) is 0 Å². The van der Waals surface area contributed by atoms with E-state index < -0.39 is 30.3 Å². The third kappa shape index (κ3) is 3.30. The molecular formula is C11H15N3O5. The molecule has 0 saturated carbocycles. The fourth-order valence-electron chi connectivity index (χ4n) is 1.71. The first-order valence-electron chi connectivity index (χ1n) is 5.49. The Morgan fingerprint density at radius 3 is 2.26 bits per heavy atom. The van der Waals surface area contributed by atoms with Gasteiger partial charge in [-0.1, -0.05) is 0 Å². The van der Waals surface area contributed by atoms with Crippen molar-refractivity contribution in [1.29, 1.82) is 0 Å². The molecule has 104 valence electrons. The fraction of sp³-hybridized carbons (Fsp3) is 0.455. The number of nitrogens with zero attached hydrogens (tertiary/aromatic N) is 2. The van der Waals surface area contributed by atoms with E-state index >= 15 is 0 Å². The first kappa shape index (κ1) is 14.7. The van der Waals surface area contributed by atoms with Crippen molar-refractivity contribution in [1.82, 2.24) is 15.1 Å². The molecule has 0 aliphatic carbocycles. The standard InChI is InChI=1S/C11H15N3O5/c1-5-9(6(2)14(3)13-5)10(17)12-7(11(18)19)4-8(15)16/h7H,4H2,1-3H3,(H,12,17)(H,15,16)(H,18,19)/t7-/m1/s1. The number of carbonyl (C=O) groups excluding carboxylic acids is 1. The molecule has 0 unspecified atom stereocenters. The van der Waals surface area contributed by atoms with E-state index in [2.05, 4.69) is 10.4 Å². The zero-order valence-corrected chi connectivity index (χ0v) is 10.8. The summed E-state index contributed by atoms with van der Waals surface area (Å²) in [4.78, 5) is 33.4. The van der Waals surface area contributed by atoms with Crippen LogP contribution in [-0.4, -0.2) is 43.9 Å².